The molecule has 0 radical (unpaired) electrons. The van der Waals surface area contributed by atoms with Gasteiger partial charge in [-0.3, -0.25) is 9.59 Å². The molecule has 1 unspecified atom stereocenters. The zero-order valence-corrected chi connectivity index (χ0v) is 21.7. The van der Waals surface area contributed by atoms with Crippen LogP contribution in [0.3, 0.4) is 0 Å². The van der Waals surface area contributed by atoms with Gasteiger partial charge in [-0.2, -0.15) is 0 Å². The van der Waals surface area contributed by atoms with Gasteiger partial charge in [-0.15, -0.1) is 11.3 Å². The van der Waals surface area contributed by atoms with E-state index in [-0.39, 0.29) is 26.5 Å². The van der Waals surface area contributed by atoms with Crippen molar-refractivity contribution in [2.45, 2.75) is 44.9 Å². The third-order valence-corrected chi connectivity index (χ3v) is 8.85. The van der Waals surface area contributed by atoms with Crippen molar-refractivity contribution in [1.82, 2.24) is 5.16 Å². The van der Waals surface area contributed by atoms with Crippen LogP contribution in [0.25, 0.3) is 0 Å². The van der Waals surface area contributed by atoms with E-state index in [1.54, 1.807) is 32.2 Å². The molecule has 3 rings (SSSR count). The standard InChI is InChI=1S/C23H24ClN3O5S2/c1-7-17(26-23-19(24)14(5)27-32-23)34(30,31)21-13(4)10-33-20(21)22(29)25-16-9-11(2)8-12(3)18(16)15(6)28/h7-10,17,26H,1H2,2-6H3,(H,25,29). The van der Waals surface area contributed by atoms with E-state index in [2.05, 4.69) is 22.4 Å². The van der Waals surface area contributed by atoms with Crippen molar-refractivity contribution >= 4 is 56.0 Å². The van der Waals surface area contributed by atoms with Crippen molar-refractivity contribution in [1.29, 1.82) is 0 Å². The van der Waals surface area contributed by atoms with E-state index in [9.17, 15) is 18.0 Å². The van der Waals surface area contributed by atoms with Gasteiger partial charge < -0.3 is 15.2 Å². The topological polar surface area (TPSA) is 118 Å². The summed E-state index contributed by atoms with van der Waals surface area (Å²) in [5, 5.41) is 9.51. The van der Waals surface area contributed by atoms with Crippen LogP contribution < -0.4 is 10.6 Å². The Morgan fingerprint density at radius 1 is 1.21 bits per heavy atom. The van der Waals surface area contributed by atoms with Crippen molar-refractivity contribution in [3.63, 3.8) is 0 Å². The highest BCUT2D eigenvalue weighted by Gasteiger charge is 2.34. The highest BCUT2D eigenvalue weighted by atomic mass is 35.5. The van der Waals surface area contributed by atoms with Gasteiger partial charge in [-0.25, -0.2) is 8.42 Å². The second-order valence-electron chi connectivity index (χ2n) is 7.85. The Balaban J connectivity index is 2.02. The van der Waals surface area contributed by atoms with E-state index in [4.69, 9.17) is 16.1 Å². The molecule has 2 N–H and O–H groups in total. The van der Waals surface area contributed by atoms with Gasteiger partial charge >= 0.3 is 0 Å². The average Bonchev–Trinajstić information content (AvgIpc) is 3.28. The molecule has 0 fully saturated rings. The molecule has 0 aliphatic rings. The summed E-state index contributed by atoms with van der Waals surface area (Å²) in [6.45, 7) is 11.9. The van der Waals surface area contributed by atoms with E-state index < -0.39 is 21.1 Å². The molecular formula is C23H24ClN3O5S2. The number of halogens is 1. The summed E-state index contributed by atoms with van der Waals surface area (Å²) in [6, 6.07) is 3.52. The van der Waals surface area contributed by atoms with E-state index in [1.807, 2.05) is 13.0 Å². The first-order valence-corrected chi connectivity index (χ1v) is 12.9. The average molecular weight is 522 g/mol. The first kappa shape index (κ1) is 25.7. The Morgan fingerprint density at radius 2 is 1.88 bits per heavy atom. The van der Waals surface area contributed by atoms with Crippen LogP contribution in [-0.4, -0.2) is 30.6 Å². The normalized spacial score (nSPS) is 12.3. The largest absolute Gasteiger partial charge is 0.337 e. The number of sulfone groups is 1. The number of thiophene rings is 1. The molecule has 8 nitrogen and oxygen atoms in total. The molecule has 34 heavy (non-hydrogen) atoms. The summed E-state index contributed by atoms with van der Waals surface area (Å²) in [7, 11) is -4.15. The van der Waals surface area contributed by atoms with Crippen LogP contribution in [-0.2, 0) is 9.84 Å². The number of Topliss-reactive ketones (excluding diaryl/α,β-unsaturated/α-hetero) is 1. The van der Waals surface area contributed by atoms with E-state index in [0.717, 1.165) is 16.9 Å². The number of carbonyl (C=O) groups excluding carboxylic acids is 2. The van der Waals surface area contributed by atoms with Crippen LogP contribution in [0.1, 0.15) is 49.3 Å². The first-order chi connectivity index (χ1) is 15.9. The van der Waals surface area contributed by atoms with Gasteiger partial charge in [0.05, 0.1) is 10.6 Å². The third-order valence-electron chi connectivity index (χ3n) is 5.10. The Morgan fingerprint density at radius 3 is 2.44 bits per heavy atom. The Hall–Kier alpha value is -2.95. The zero-order valence-electron chi connectivity index (χ0n) is 19.3. The van der Waals surface area contributed by atoms with E-state index in [1.165, 1.54) is 13.0 Å². The van der Waals surface area contributed by atoms with Crippen LogP contribution in [0.2, 0.25) is 5.02 Å². The van der Waals surface area contributed by atoms with Crippen LogP contribution in [0.4, 0.5) is 11.6 Å². The second kappa shape index (κ2) is 9.73. The number of benzene rings is 1. The lowest BCUT2D eigenvalue weighted by Crippen LogP contribution is -2.29. The number of anilines is 2. The molecular weight excluding hydrogens is 498 g/mol. The van der Waals surface area contributed by atoms with Crippen molar-refractivity contribution in [3.8, 4) is 0 Å². The van der Waals surface area contributed by atoms with Gasteiger partial charge in [0.15, 0.2) is 11.2 Å². The number of rotatable bonds is 8. The van der Waals surface area contributed by atoms with Crippen molar-refractivity contribution in [2.24, 2.45) is 0 Å². The lowest BCUT2D eigenvalue weighted by molar-refractivity contribution is 0.101. The van der Waals surface area contributed by atoms with Gasteiger partial charge in [-0.05, 0) is 62.8 Å². The number of carbonyl (C=O) groups is 2. The Kier molecular flexibility index (Phi) is 7.35. The fraction of sp³-hybridized carbons (Fsp3) is 0.261. The number of hydrogen-bond acceptors (Lipinski definition) is 8. The number of nitrogens with zero attached hydrogens (tertiary/aromatic N) is 1. The van der Waals surface area contributed by atoms with E-state index >= 15 is 0 Å². The van der Waals surface area contributed by atoms with Crippen LogP contribution in [0, 0.1) is 27.7 Å². The maximum Gasteiger partial charge on any atom is 0.267 e. The highest BCUT2D eigenvalue weighted by Crippen LogP contribution is 2.34. The molecule has 180 valence electrons. The predicted octanol–water partition coefficient (Wildman–Crippen LogP) is 5.48. The van der Waals surface area contributed by atoms with Gasteiger partial charge in [0.25, 0.3) is 5.91 Å². The molecule has 0 bridgehead atoms. The minimum Gasteiger partial charge on any atom is -0.337 e. The molecule has 0 saturated carbocycles. The highest BCUT2D eigenvalue weighted by molar-refractivity contribution is 7.92. The van der Waals surface area contributed by atoms with Crippen LogP contribution in [0.15, 0.2) is 39.6 Å². The maximum atomic E-state index is 13.6. The minimum atomic E-state index is -4.15. The smallest absolute Gasteiger partial charge is 0.267 e. The number of aryl methyl sites for hydroxylation is 4. The maximum absolute atomic E-state index is 13.6. The molecule has 0 aliphatic carbocycles. The molecule has 0 saturated heterocycles. The summed E-state index contributed by atoms with van der Waals surface area (Å²) < 4.78 is 32.2. The number of nitrogens with one attached hydrogen (secondary N) is 2. The summed E-state index contributed by atoms with van der Waals surface area (Å²) in [5.74, 6) is -0.869. The summed E-state index contributed by atoms with van der Waals surface area (Å²) in [5.41, 5.74) is 3.06. The monoisotopic (exact) mass is 521 g/mol. The summed E-state index contributed by atoms with van der Waals surface area (Å²) in [6.07, 6.45) is 1.18. The SMILES string of the molecule is C=CC(Nc1onc(C)c1Cl)S(=O)(=O)c1c(C)csc1C(=O)Nc1cc(C)cc(C)c1C(C)=O. The van der Waals surface area contributed by atoms with Gasteiger partial charge in [-0.1, -0.05) is 35.5 Å². The van der Waals surface area contributed by atoms with Crippen molar-refractivity contribution in [3.05, 3.63) is 68.0 Å². The first-order valence-electron chi connectivity index (χ1n) is 10.1. The van der Waals surface area contributed by atoms with Gasteiger partial charge in [0.2, 0.25) is 15.7 Å². The third kappa shape index (κ3) is 4.79. The molecule has 1 aromatic carbocycles. The lowest BCUT2D eigenvalue weighted by Gasteiger charge is -2.17. The van der Waals surface area contributed by atoms with E-state index in [0.29, 0.717) is 28.1 Å². The van der Waals surface area contributed by atoms with Gasteiger partial charge in [0.1, 0.15) is 15.6 Å². The predicted molar refractivity (Wildman–Crippen MR) is 134 cm³/mol. The minimum absolute atomic E-state index is 0.0142. The molecule has 11 heteroatoms. The molecule has 2 heterocycles. The van der Waals surface area contributed by atoms with Crippen molar-refractivity contribution < 1.29 is 22.5 Å². The number of ketones is 1. The van der Waals surface area contributed by atoms with Crippen LogP contribution in [0.5, 0.6) is 0 Å². The molecule has 3 aromatic rings. The zero-order chi connectivity index (χ0) is 25.4. The van der Waals surface area contributed by atoms with Gasteiger partial charge in [0, 0.05) is 5.56 Å². The second-order valence-corrected chi connectivity index (χ2v) is 11.1. The fourth-order valence-electron chi connectivity index (χ4n) is 3.62. The van der Waals surface area contributed by atoms with Crippen LogP contribution >= 0.6 is 22.9 Å². The molecule has 0 aliphatic heterocycles. The molecule has 1 atom stereocenters. The quantitative estimate of drug-likeness (QED) is 0.298. The molecule has 1 amide bonds. The van der Waals surface area contributed by atoms with Crippen molar-refractivity contribution in [2.75, 3.05) is 10.6 Å². The lowest BCUT2D eigenvalue weighted by atomic mass is 10.00. The Labute approximate surface area is 206 Å². The number of aromatic nitrogens is 1. The number of hydrogen-bond donors (Lipinski definition) is 2. The number of amides is 1. The summed E-state index contributed by atoms with van der Waals surface area (Å²) >= 11 is 7.11. The summed E-state index contributed by atoms with van der Waals surface area (Å²) in [4.78, 5) is 25.3. The molecule has 2 aromatic heterocycles. The molecule has 0 spiro atoms. The fourth-order valence-corrected chi connectivity index (χ4v) is 6.78. The Bertz CT molecular complexity index is 1410.